The molecule has 0 spiro atoms. The summed E-state index contributed by atoms with van der Waals surface area (Å²) in [7, 11) is 3.35. The first kappa shape index (κ1) is 14.8. The van der Waals surface area contributed by atoms with E-state index >= 15 is 0 Å². The number of rotatable bonds is 8. The number of nitrogens with one attached hydrogen (secondary N) is 1. The molecule has 1 aromatic carbocycles. The van der Waals surface area contributed by atoms with Gasteiger partial charge in [-0.2, -0.15) is 0 Å². The zero-order chi connectivity index (χ0) is 13.4. The van der Waals surface area contributed by atoms with Crippen LogP contribution in [0, 0.1) is 0 Å². The molecule has 0 bridgehead atoms. The van der Waals surface area contributed by atoms with Gasteiger partial charge >= 0.3 is 0 Å². The van der Waals surface area contributed by atoms with Crippen LogP contribution in [0.1, 0.15) is 38.7 Å². The minimum Gasteiger partial charge on any atom is -0.493 e. The molecule has 1 N–H and O–H groups in total. The van der Waals surface area contributed by atoms with E-state index in [9.17, 15) is 0 Å². The predicted molar refractivity (Wildman–Crippen MR) is 75.4 cm³/mol. The van der Waals surface area contributed by atoms with Crippen molar-refractivity contribution in [3.8, 4) is 11.5 Å². The van der Waals surface area contributed by atoms with Gasteiger partial charge in [-0.15, -0.1) is 0 Å². The molecule has 18 heavy (non-hydrogen) atoms. The Hall–Kier alpha value is -1.22. The summed E-state index contributed by atoms with van der Waals surface area (Å²) in [6, 6.07) is 6.57. The topological polar surface area (TPSA) is 30.5 Å². The molecule has 0 fully saturated rings. The summed E-state index contributed by atoms with van der Waals surface area (Å²) in [5, 5.41) is 3.58. The second kappa shape index (κ2) is 7.98. The number of methoxy groups -OCH3 is 2. The van der Waals surface area contributed by atoms with E-state index in [-0.39, 0.29) is 0 Å². The van der Waals surface area contributed by atoms with E-state index in [2.05, 4.69) is 25.2 Å². The van der Waals surface area contributed by atoms with Crippen LogP contribution in [0.5, 0.6) is 11.5 Å². The van der Waals surface area contributed by atoms with E-state index in [4.69, 9.17) is 9.47 Å². The molecule has 0 heterocycles. The van der Waals surface area contributed by atoms with Gasteiger partial charge in [0.05, 0.1) is 14.2 Å². The van der Waals surface area contributed by atoms with Crippen LogP contribution in [0.15, 0.2) is 18.2 Å². The monoisotopic (exact) mass is 251 g/mol. The van der Waals surface area contributed by atoms with Crippen LogP contribution >= 0.6 is 0 Å². The highest BCUT2D eigenvalue weighted by Gasteiger charge is 2.11. The van der Waals surface area contributed by atoms with Crippen LogP contribution in [-0.4, -0.2) is 20.3 Å². The van der Waals surface area contributed by atoms with Crippen LogP contribution in [0.4, 0.5) is 0 Å². The maximum absolute atomic E-state index is 5.43. The van der Waals surface area contributed by atoms with Crippen molar-refractivity contribution >= 4 is 0 Å². The lowest BCUT2D eigenvalue weighted by molar-refractivity contribution is 0.349. The van der Waals surface area contributed by atoms with Gasteiger partial charge in [-0.25, -0.2) is 0 Å². The summed E-state index contributed by atoms with van der Waals surface area (Å²) in [6.07, 6.45) is 3.57. The molecular formula is C15H25NO2. The van der Waals surface area contributed by atoms with Crippen LogP contribution in [0.2, 0.25) is 0 Å². The van der Waals surface area contributed by atoms with Gasteiger partial charge in [0.25, 0.3) is 0 Å². The molecule has 0 amide bonds. The summed E-state index contributed by atoms with van der Waals surface area (Å²) in [4.78, 5) is 0. The molecule has 0 aliphatic carbocycles. The highest BCUT2D eigenvalue weighted by molar-refractivity contribution is 5.46. The molecule has 3 heteroatoms. The quantitative estimate of drug-likeness (QED) is 0.768. The third kappa shape index (κ3) is 3.91. The van der Waals surface area contributed by atoms with E-state index in [0.29, 0.717) is 6.04 Å². The lowest BCUT2D eigenvalue weighted by Crippen LogP contribution is -2.27. The molecule has 102 valence electrons. The Morgan fingerprint density at radius 3 is 2.50 bits per heavy atom. The third-order valence-corrected chi connectivity index (χ3v) is 3.20. The van der Waals surface area contributed by atoms with Crippen molar-refractivity contribution in [2.75, 3.05) is 14.2 Å². The molecular weight excluding hydrogens is 226 g/mol. The molecule has 0 radical (unpaired) electrons. The Balaban J connectivity index is 2.71. The zero-order valence-corrected chi connectivity index (χ0v) is 12.0. The van der Waals surface area contributed by atoms with Crippen molar-refractivity contribution in [3.63, 3.8) is 0 Å². The lowest BCUT2D eigenvalue weighted by Gasteiger charge is -2.18. The SMILES string of the molecule is CCCC(CC)NCc1cccc(OC)c1OC. The van der Waals surface area contributed by atoms with Gasteiger partial charge in [-0.3, -0.25) is 0 Å². The van der Waals surface area contributed by atoms with Crippen molar-refractivity contribution in [2.24, 2.45) is 0 Å². The van der Waals surface area contributed by atoms with Gasteiger partial charge < -0.3 is 14.8 Å². The van der Waals surface area contributed by atoms with Gasteiger partial charge in [-0.05, 0) is 18.9 Å². The molecule has 0 saturated carbocycles. The molecule has 1 aromatic rings. The minimum atomic E-state index is 0.575. The first-order chi connectivity index (χ1) is 8.76. The van der Waals surface area contributed by atoms with E-state index in [1.165, 1.54) is 12.8 Å². The van der Waals surface area contributed by atoms with Crippen molar-refractivity contribution in [1.82, 2.24) is 5.32 Å². The fourth-order valence-electron chi connectivity index (χ4n) is 2.15. The van der Waals surface area contributed by atoms with Gasteiger partial charge in [-0.1, -0.05) is 32.4 Å². The first-order valence-electron chi connectivity index (χ1n) is 6.70. The molecule has 0 saturated heterocycles. The highest BCUT2D eigenvalue weighted by atomic mass is 16.5. The number of hydrogen-bond donors (Lipinski definition) is 1. The largest absolute Gasteiger partial charge is 0.493 e. The molecule has 1 unspecified atom stereocenters. The van der Waals surface area contributed by atoms with Gasteiger partial charge in [0.1, 0.15) is 0 Å². The van der Waals surface area contributed by atoms with Gasteiger partial charge in [0, 0.05) is 18.2 Å². The third-order valence-electron chi connectivity index (χ3n) is 3.20. The Kier molecular flexibility index (Phi) is 6.58. The van der Waals surface area contributed by atoms with E-state index in [1.807, 2.05) is 12.1 Å². The minimum absolute atomic E-state index is 0.575. The highest BCUT2D eigenvalue weighted by Crippen LogP contribution is 2.30. The number of para-hydroxylation sites is 1. The number of ether oxygens (including phenoxy) is 2. The normalized spacial score (nSPS) is 12.2. The Labute approximate surface area is 110 Å². The van der Waals surface area contributed by atoms with E-state index in [0.717, 1.165) is 30.0 Å². The molecule has 0 aromatic heterocycles. The van der Waals surface area contributed by atoms with Crippen molar-refractivity contribution < 1.29 is 9.47 Å². The molecule has 0 aliphatic rings. The molecule has 1 rings (SSSR count). The van der Waals surface area contributed by atoms with Crippen molar-refractivity contribution in [1.29, 1.82) is 0 Å². The molecule has 0 aliphatic heterocycles. The predicted octanol–water partition coefficient (Wildman–Crippen LogP) is 3.37. The first-order valence-corrected chi connectivity index (χ1v) is 6.70. The fourth-order valence-corrected chi connectivity index (χ4v) is 2.15. The van der Waals surface area contributed by atoms with Crippen molar-refractivity contribution in [2.45, 2.75) is 45.7 Å². The Bertz CT molecular complexity index is 352. The van der Waals surface area contributed by atoms with Crippen LogP contribution in [0.25, 0.3) is 0 Å². The Morgan fingerprint density at radius 1 is 1.17 bits per heavy atom. The maximum Gasteiger partial charge on any atom is 0.165 e. The van der Waals surface area contributed by atoms with Crippen LogP contribution in [-0.2, 0) is 6.54 Å². The molecule has 3 nitrogen and oxygen atoms in total. The second-order valence-electron chi connectivity index (χ2n) is 4.43. The summed E-state index contributed by atoms with van der Waals surface area (Å²) >= 11 is 0. The van der Waals surface area contributed by atoms with Crippen LogP contribution < -0.4 is 14.8 Å². The summed E-state index contributed by atoms with van der Waals surface area (Å²) < 4.78 is 10.7. The van der Waals surface area contributed by atoms with Gasteiger partial charge in [0.2, 0.25) is 0 Å². The molecule has 1 atom stereocenters. The lowest BCUT2D eigenvalue weighted by atomic mass is 10.1. The summed E-state index contributed by atoms with van der Waals surface area (Å²) in [6.45, 7) is 5.26. The summed E-state index contributed by atoms with van der Waals surface area (Å²) in [5.74, 6) is 1.62. The smallest absolute Gasteiger partial charge is 0.165 e. The van der Waals surface area contributed by atoms with E-state index in [1.54, 1.807) is 14.2 Å². The zero-order valence-electron chi connectivity index (χ0n) is 12.0. The maximum atomic E-state index is 5.43. The summed E-state index contributed by atoms with van der Waals surface area (Å²) in [5.41, 5.74) is 1.14. The number of hydrogen-bond acceptors (Lipinski definition) is 3. The standard InChI is InChI=1S/C15H25NO2/c1-5-8-13(6-2)16-11-12-9-7-10-14(17-3)15(12)18-4/h7,9-10,13,16H,5-6,8,11H2,1-4H3. The average Bonchev–Trinajstić information content (AvgIpc) is 2.42. The van der Waals surface area contributed by atoms with Crippen LogP contribution in [0.3, 0.4) is 0 Å². The van der Waals surface area contributed by atoms with Crippen molar-refractivity contribution in [3.05, 3.63) is 23.8 Å². The van der Waals surface area contributed by atoms with Gasteiger partial charge in [0.15, 0.2) is 11.5 Å². The second-order valence-corrected chi connectivity index (χ2v) is 4.43. The Morgan fingerprint density at radius 2 is 1.94 bits per heavy atom. The van der Waals surface area contributed by atoms with E-state index < -0.39 is 0 Å². The fraction of sp³-hybridized carbons (Fsp3) is 0.600. The number of benzene rings is 1. The average molecular weight is 251 g/mol.